The fraction of sp³-hybridized carbons (Fsp3) is 0.667. The third kappa shape index (κ3) is 3.42. The van der Waals surface area contributed by atoms with Gasteiger partial charge >= 0.3 is 0 Å². The summed E-state index contributed by atoms with van der Waals surface area (Å²) in [5.74, 6) is 0.991. The molecule has 0 aromatic heterocycles. The molecule has 2 N–H and O–H groups in total. The van der Waals surface area contributed by atoms with E-state index in [2.05, 4.69) is 0 Å². The largest absolute Gasteiger partial charge is 0.486 e. The molecule has 1 aromatic rings. The molecule has 3 aliphatic heterocycles. The molecule has 150 valence electrons. The fourth-order valence-corrected chi connectivity index (χ4v) is 5.50. The van der Waals surface area contributed by atoms with Gasteiger partial charge in [-0.1, -0.05) is 0 Å². The van der Waals surface area contributed by atoms with Crippen LogP contribution in [-0.2, 0) is 14.8 Å². The highest BCUT2D eigenvalue weighted by Gasteiger charge is 2.49. The quantitative estimate of drug-likeness (QED) is 0.747. The van der Waals surface area contributed by atoms with E-state index in [1.165, 1.54) is 16.4 Å². The zero-order valence-corrected chi connectivity index (χ0v) is 16.1. The summed E-state index contributed by atoms with van der Waals surface area (Å²) in [5.41, 5.74) is -1.82. The average Bonchev–Trinajstić information content (AvgIpc) is 2.65. The molecule has 1 aromatic carbocycles. The van der Waals surface area contributed by atoms with E-state index in [4.69, 9.17) is 14.2 Å². The molecule has 8 nitrogen and oxygen atoms in total. The van der Waals surface area contributed by atoms with Crippen molar-refractivity contribution in [2.45, 2.75) is 48.4 Å². The Hall–Kier alpha value is -1.39. The number of sulfonamides is 1. The molecular formula is C18H25NO7S. The van der Waals surface area contributed by atoms with Crippen molar-refractivity contribution in [3.8, 4) is 11.5 Å². The van der Waals surface area contributed by atoms with Crippen LogP contribution in [0.3, 0.4) is 0 Å². The lowest BCUT2D eigenvalue weighted by Gasteiger charge is -2.49. The Bertz CT molecular complexity index is 815. The van der Waals surface area contributed by atoms with E-state index in [0.717, 1.165) is 0 Å². The minimum atomic E-state index is -3.66. The molecule has 2 fully saturated rings. The van der Waals surface area contributed by atoms with Crippen LogP contribution in [0, 0.1) is 0 Å². The summed E-state index contributed by atoms with van der Waals surface area (Å²) < 4.78 is 44.2. The highest BCUT2D eigenvalue weighted by Crippen LogP contribution is 2.41. The van der Waals surface area contributed by atoms with Gasteiger partial charge in [-0.2, -0.15) is 4.31 Å². The van der Waals surface area contributed by atoms with Crippen LogP contribution in [0.2, 0.25) is 0 Å². The first-order valence-corrected chi connectivity index (χ1v) is 10.6. The van der Waals surface area contributed by atoms with E-state index in [-0.39, 0.29) is 11.5 Å². The Morgan fingerprint density at radius 3 is 2.48 bits per heavy atom. The van der Waals surface area contributed by atoms with Gasteiger partial charge in [-0.3, -0.25) is 0 Å². The van der Waals surface area contributed by atoms with Crippen LogP contribution in [0.15, 0.2) is 23.1 Å². The van der Waals surface area contributed by atoms with Crippen molar-refractivity contribution >= 4 is 10.0 Å². The zero-order valence-electron chi connectivity index (χ0n) is 15.3. The fourth-order valence-electron chi connectivity index (χ4n) is 4.04. The molecule has 3 heterocycles. The van der Waals surface area contributed by atoms with Gasteiger partial charge in [-0.25, -0.2) is 8.42 Å². The summed E-state index contributed by atoms with van der Waals surface area (Å²) in [5, 5.41) is 20.3. The van der Waals surface area contributed by atoms with E-state index in [0.29, 0.717) is 57.1 Å². The molecule has 3 aliphatic rings. The Labute approximate surface area is 158 Å². The number of piperidine rings is 1. The van der Waals surface area contributed by atoms with Crippen LogP contribution in [-0.4, -0.2) is 73.2 Å². The van der Waals surface area contributed by atoms with Crippen LogP contribution in [0.1, 0.15) is 26.2 Å². The van der Waals surface area contributed by atoms with E-state index in [9.17, 15) is 18.6 Å². The van der Waals surface area contributed by atoms with Crippen molar-refractivity contribution < 1.29 is 32.8 Å². The highest BCUT2D eigenvalue weighted by atomic mass is 32.2. The second kappa shape index (κ2) is 6.59. The van der Waals surface area contributed by atoms with E-state index in [1.54, 1.807) is 13.0 Å². The second-order valence-corrected chi connectivity index (χ2v) is 9.69. The van der Waals surface area contributed by atoms with Gasteiger partial charge in [0.15, 0.2) is 11.5 Å². The Morgan fingerprint density at radius 2 is 1.81 bits per heavy atom. The topological polar surface area (TPSA) is 106 Å². The molecule has 0 bridgehead atoms. The Morgan fingerprint density at radius 1 is 1.15 bits per heavy atom. The lowest BCUT2D eigenvalue weighted by Crippen LogP contribution is -2.59. The monoisotopic (exact) mass is 399 g/mol. The van der Waals surface area contributed by atoms with Crippen LogP contribution in [0.25, 0.3) is 0 Å². The van der Waals surface area contributed by atoms with Crippen molar-refractivity contribution in [2.24, 2.45) is 0 Å². The highest BCUT2D eigenvalue weighted by molar-refractivity contribution is 7.89. The van der Waals surface area contributed by atoms with Gasteiger partial charge in [0, 0.05) is 25.6 Å². The molecule has 0 saturated carbocycles. The number of aliphatic hydroxyl groups is 2. The molecule has 0 radical (unpaired) electrons. The first kappa shape index (κ1) is 18.9. The lowest BCUT2D eigenvalue weighted by molar-refractivity contribution is -0.220. The first-order valence-electron chi connectivity index (χ1n) is 9.16. The number of nitrogens with zero attached hydrogens (tertiary/aromatic N) is 1. The van der Waals surface area contributed by atoms with Crippen molar-refractivity contribution in [3.05, 3.63) is 18.2 Å². The maximum atomic E-state index is 13.0. The smallest absolute Gasteiger partial charge is 0.243 e. The molecule has 1 spiro atoms. The lowest BCUT2D eigenvalue weighted by atomic mass is 9.77. The summed E-state index contributed by atoms with van der Waals surface area (Å²) in [6.07, 6.45) is 0.306. The molecule has 2 atom stereocenters. The third-order valence-electron chi connectivity index (χ3n) is 5.73. The summed E-state index contributed by atoms with van der Waals surface area (Å²) in [6.45, 7) is 3.09. The summed E-state index contributed by atoms with van der Waals surface area (Å²) in [7, 11) is -3.66. The van der Waals surface area contributed by atoms with Gasteiger partial charge in [-0.15, -0.1) is 0 Å². The van der Waals surface area contributed by atoms with Crippen LogP contribution < -0.4 is 9.47 Å². The third-order valence-corrected chi connectivity index (χ3v) is 7.63. The van der Waals surface area contributed by atoms with Crippen LogP contribution in [0.5, 0.6) is 11.5 Å². The predicted octanol–water partition coefficient (Wildman–Crippen LogP) is 0.513. The number of aliphatic hydroxyl groups excluding tert-OH is 1. The summed E-state index contributed by atoms with van der Waals surface area (Å²) >= 11 is 0. The number of hydrogen-bond acceptors (Lipinski definition) is 7. The van der Waals surface area contributed by atoms with Crippen molar-refractivity contribution in [3.63, 3.8) is 0 Å². The normalized spacial score (nSPS) is 31.0. The zero-order chi connectivity index (χ0) is 19.3. The van der Waals surface area contributed by atoms with Gasteiger partial charge in [-0.05, 0) is 31.9 Å². The number of ether oxygens (including phenoxy) is 3. The molecule has 0 aliphatic carbocycles. The van der Waals surface area contributed by atoms with Gasteiger partial charge in [0.1, 0.15) is 19.3 Å². The average molecular weight is 399 g/mol. The van der Waals surface area contributed by atoms with E-state index < -0.39 is 27.3 Å². The minimum absolute atomic E-state index is 0.0575. The first-order chi connectivity index (χ1) is 12.7. The van der Waals surface area contributed by atoms with Crippen LogP contribution >= 0.6 is 0 Å². The molecular weight excluding hydrogens is 374 g/mol. The van der Waals surface area contributed by atoms with E-state index in [1.807, 2.05) is 0 Å². The summed E-state index contributed by atoms with van der Waals surface area (Å²) in [6, 6.07) is 4.66. The molecule has 9 heteroatoms. The standard InChI is InChI=1S/C18H25NO7S/c1-17(21)12-18(26-11-16(17)20)4-6-19(7-5-18)27(22,23)13-2-3-14-15(10-13)25-9-8-24-14/h2-3,10,16,20-21H,4-9,11-12H2,1H3/t16-,17-/m0/s1. The van der Waals surface area contributed by atoms with Gasteiger partial charge in [0.05, 0.1) is 22.7 Å². The predicted molar refractivity (Wildman–Crippen MR) is 95.4 cm³/mol. The second-order valence-electron chi connectivity index (χ2n) is 7.75. The Kier molecular flexibility index (Phi) is 4.63. The molecule has 2 saturated heterocycles. The van der Waals surface area contributed by atoms with Crippen molar-refractivity contribution in [2.75, 3.05) is 32.9 Å². The van der Waals surface area contributed by atoms with Gasteiger partial charge < -0.3 is 24.4 Å². The Balaban J connectivity index is 1.49. The van der Waals surface area contributed by atoms with Gasteiger partial charge in [0.25, 0.3) is 0 Å². The number of benzene rings is 1. The summed E-state index contributed by atoms with van der Waals surface area (Å²) in [4.78, 5) is 0.176. The minimum Gasteiger partial charge on any atom is -0.486 e. The number of fused-ring (bicyclic) bond motifs is 1. The maximum Gasteiger partial charge on any atom is 0.243 e. The number of rotatable bonds is 2. The molecule has 0 unspecified atom stereocenters. The van der Waals surface area contributed by atoms with Crippen LogP contribution in [0.4, 0.5) is 0 Å². The van der Waals surface area contributed by atoms with Crippen molar-refractivity contribution in [1.82, 2.24) is 4.31 Å². The molecule has 27 heavy (non-hydrogen) atoms. The van der Waals surface area contributed by atoms with E-state index >= 15 is 0 Å². The van der Waals surface area contributed by atoms with Crippen molar-refractivity contribution in [1.29, 1.82) is 0 Å². The molecule has 0 amide bonds. The maximum absolute atomic E-state index is 13.0. The van der Waals surface area contributed by atoms with Gasteiger partial charge in [0.2, 0.25) is 10.0 Å². The SMILES string of the molecule is C[C@]1(O)CC2(CCN(S(=O)(=O)c3ccc4c(c3)OCCO4)CC2)OC[C@@H]1O. The molecule has 4 rings (SSSR count). The number of hydrogen-bond donors (Lipinski definition) is 2.